The molecule has 1 aliphatic heterocycles. The molecule has 0 N–H and O–H groups in total. The molecule has 0 spiro atoms. The first-order valence-corrected chi connectivity index (χ1v) is 6.53. The first-order chi connectivity index (χ1) is 9.75. The molecule has 0 saturated carbocycles. The van der Waals surface area contributed by atoms with Crippen LogP contribution in [0, 0.1) is 0 Å². The Hall–Kier alpha value is -2.62. The number of pyridine rings is 1. The van der Waals surface area contributed by atoms with Crippen molar-refractivity contribution in [1.29, 1.82) is 0 Å². The van der Waals surface area contributed by atoms with Gasteiger partial charge >= 0.3 is 0 Å². The van der Waals surface area contributed by atoms with Gasteiger partial charge in [0.05, 0.1) is 24.3 Å². The lowest BCUT2D eigenvalue weighted by atomic mass is 9.98. The van der Waals surface area contributed by atoms with Crippen LogP contribution in [0.15, 0.2) is 59.9 Å². The molecule has 0 aliphatic carbocycles. The highest BCUT2D eigenvalue weighted by atomic mass is 16.1. The smallest absolute Gasteiger partial charge is 0.250 e. The van der Waals surface area contributed by atoms with E-state index >= 15 is 0 Å². The van der Waals surface area contributed by atoms with Gasteiger partial charge in [0.15, 0.2) is 0 Å². The first-order valence-electron chi connectivity index (χ1n) is 6.53. The number of hydrogen-bond acceptors (Lipinski definition) is 2. The third kappa shape index (κ3) is 1.42. The van der Waals surface area contributed by atoms with Crippen LogP contribution in [-0.2, 0) is 7.05 Å². The van der Waals surface area contributed by atoms with Crippen LogP contribution in [0.3, 0.4) is 0 Å². The van der Waals surface area contributed by atoms with E-state index in [0.29, 0.717) is 0 Å². The van der Waals surface area contributed by atoms with Crippen LogP contribution in [-0.4, -0.2) is 14.1 Å². The van der Waals surface area contributed by atoms with Crippen LogP contribution in [0.5, 0.6) is 0 Å². The molecule has 0 radical (unpaired) electrons. The zero-order valence-corrected chi connectivity index (χ0v) is 11.0. The van der Waals surface area contributed by atoms with Crippen molar-refractivity contribution in [2.24, 2.45) is 7.05 Å². The Morgan fingerprint density at radius 1 is 1.15 bits per heavy atom. The van der Waals surface area contributed by atoms with Crippen molar-refractivity contribution in [2.75, 3.05) is 0 Å². The van der Waals surface area contributed by atoms with Crippen molar-refractivity contribution in [2.45, 2.75) is 6.04 Å². The lowest BCUT2D eigenvalue weighted by Crippen LogP contribution is -2.17. The van der Waals surface area contributed by atoms with E-state index in [1.54, 1.807) is 17.7 Å². The summed E-state index contributed by atoms with van der Waals surface area (Å²) in [5, 5.41) is 0. The Bertz CT molecular complexity index is 860. The van der Waals surface area contributed by atoms with E-state index in [-0.39, 0.29) is 11.6 Å². The van der Waals surface area contributed by atoms with Crippen LogP contribution in [0.25, 0.3) is 11.3 Å². The van der Waals surface area contributed by atoms with Crippen molar-refractivity contribution in [3.63, 3.8) is 0 Å². The van der Waals surface area contributed by atoms with Crippen molar-refractivity contribution in [1.82, 2.24) is 14.1 Å². The second-order valence-corrected chi connectivity index (χ2v) is 5.09. The first kappa shape index (κ1) is 11.2. The minimum absolute atomic E-state index is 0.00545. The van der Waals surface area contributed by atoms with Gasteiger partial charge in [-0.05, 0) is 17.2 Å². The molecule has 4 heteroatoms. The topological polar surface area (TPSA) is 39.8 Å². The van der Waals surface area contributed by atoms with E-state index in [4.69, 9.17) is 0 Å². The normalized spacial score (nSPS) is 15.9. The van der Waals surface area contributed by atoms with Gasteiger partial charge in [-0.2, -0.15) is 0 Å². The molecule has 3 aromatic rings. The van der Waals surface area contributed by atoms with Crippen LogP contribution >= 0.6 is 0 Å². The molecule has 1 aromatic carbocycles. The molecule has 3 heterocycles. The standard InChI is InChI=1S/C16H13N3O/c1-18-9-11(6-7-15(18)20)16-13-5-3-2-4-12(13)14-8-17-10-19(14)16/h2-10,16H,1H3. The van der Waals surface area contributed by atoms with Crippen LogP contribution in [0.1, 0.15) is 17.2 Å². The fourth-order valence-corrected chi connectivity index (χ4v) is 2.95. The quantitative estimate of drug-likeness (QED) is 0.528. The van der Waals surface area contributed by atoms with Crippen LogP contribution in [0.2, 0.25) is 0 Å². The highest BCUT2D eigenvalue weighted by Crippen LogP contribution is 2.41. The molecule has 98 valence electrons. The van der Waals surface area contributed by atoms with Crippen molar-refractivity contribution in [3.05, 3.63) is 76.6 Å². The lowest BCUT2D eigenvalue weighted by Gasteiger charge is -2.15. The molecular weight excluding hydrogens is 250 g/mol. The van der Waals surface area contributed by atoms with E-state index < -0.39 is 0 Å². The second-order valence-electron chi connectivity index (χ2n) is 5.09. The maximum atomic E-state index is 11.6. The summed E-state index contributed by atoms with van der Waals surface area (Å²) >= 11 is 0. The van der Waals surface area contributed by atoms with Gasteiger partial charge in [0, 0.05) is 24.9 Å². The molecule has 1 unspecified atom stereocenters. The fraction of sp³-hybridized carbons (Fsp3) is 0.125. The molecule has 0 fully saturated rings. The monoisotopic (exact) mass is 263 g/mol. The largest absolute Gasteiger partial charge is 0.319 e. The molecule has 0 saturated heterocycles. The van der Waals surface area contributed by atoms with Crippen molar-refractivity contribution in [3.8, 4) is 11.3 Å². The Balaban J connectivity index is 1.98. The van der Waals surface area contributed by atoms with Crippen molar-refractivity contribution >= 4 is 0 Å². The third-order valence-electron chi connectivity index (χ3n) is 3.90. The Kier molecular flexibility index (Phi) is 2.21. The maximum absolute atomic E-state index is 11.6. The van der Waals surface area contributed by atoms with Gasteiger partial charge in [0.2, 0.25) is 5.56 Å². The number of imidazole rings is 1. The minimum Gasteiger partial charge on any atom is -0.319 e. The number of benzene rings is 1. The number of rotatable bonds is 1. The summed E-state index contributed by atoms with van der Waals surface area (Å²) in [5.74, 6) is 0. The van der Waals surface area contributed by atoms with E-state index in [0.717, 1.165) is 11.3 Å². The third-order valence-corrected chi connectivity index (χ3v) is 3.90. The zero-order chi connectivity index (χ0) is 13.7. The molecule has 4 rings (SSSR count). The molecule has 0 bridgehead atoms. The highest BCUT2D eigenvalue weighted by Gasteiger charge is 2.29. The molecular formula is C16H13N3O. The SMILES string of the molecule is Cn1cc(C2c3ccccc3-c3cncn32)ccc1=O. The maximum Gasteiger partial charge on any atom is 0.250 e. The molecule has 0 amide bonds. The van der Waals surface area contributed by atoms with Crippen LogP contribution < -0.4 is 5.56 Å². The van der Waals surface area contributed by atoms with Gasteiger partial charge in [0.1, 0.15) is 0 Å². The molecule has 1 aliphatic rings. The summed E-state index contributed by atoms with van der Waals surface area (Å²) in [6.07, 6.45) is 5.64. The Labute approximate surface area is 115 Å². The van der Waals surface area contributed by atoms with Gasteiger partial charge in [0.25, 0.3) is 0 Å². The lowest BCUT2D eigenvalue weighted by molar-refractivity contribution is 0.695. The summed E-state index contributed by atoms with van der Waals surface area (Å²) < 4.78 is 3.78. The number of fused-ring (bicyclic) bond motifs is 3. The predicted molar refractivity (Wildman–Crippen MR) is 76.6 cm³/mol. The van der Waals surface area contributed by atoms with Gasteiger partial charge < -0.3 is 9.13 Å². The van der Waals surface area contributed by atoms with E-state index in [1.165, 1.54) is 11.1 Å². The summed E-state index contributed by atoms with van der Waals surface area (Å²) in [5.41, 5.74) is 4.69. The van der Waals surface area contributed by atoms with Crippen LogP contribution in [0.4, 0.5) is 0 Å². The fourth-order valence-electron chi connectivity index (χ4n) is 2.95. The van der Waals surface area contributed by atoms with Gasteiger partial charge in [-0.1, -0.05) is 24.3 Å². The average Bonchev–Trinajstić information content (AvgIpc) is 3.02. The Morgan fingerprint density at radius 2 is 2.00 bits per heavy atom. The van der Waals surface area contributed by atoms with Crippen molar-refractivity contribution < 1.29 is 0 Å². The van der Waals surface area contributed by atoms with Gasteiger partial charge in [-0.25, -0.2) is 4.98 Å². The second kappa shape index (κ2) is 3.93. The Morgan fingerprint density at radius 3 is 2.85 bits per heavy atom. The molecule has 20 heavy (non-hydrogen) atoms. The number of aromatic nitrogens is 3. The highest BCUT2D eigenvalue weighted by molar-refractivity contribution is 5.70. The summed E-state index contributed by atoms with van der Waals surface area (Å²) in [4.78, 5) is 15.8. The number of hydrogen-bond donors (Lipinski definition) is 0. The van der Waals surface area contributed by atoms with E-state index in [2.05, 4.69) is 21.7 Å². The predicted octanol–water partition coefficient (Wildman–Crippen LogP) is 2.20. The number of nitrogens with zero attached hydrogens (tertiary/aromatic N) is 3. The summed E-state index contributed by atoms with van der Waals surface area (Å²) in [6.45, 7) is 0. The minimum atomic E-state index is 0.00545. The summed E-state index contributed by atoms with van der Waals surface area (Å²) in [6, 6.07) is 12.0. The summed E-state index contributed by atoms with van der Waals surface area (Å²) in [7, 11) is 1.78. The van der Waals surface area contributed by atoms with E-state index in [9.17, 15) is 4.79 Å². The average molecular weight is 263 g/mol. The van der Waals surface area contributed by atoms with E-state index in [1.807, 2.05) is 36.9 Å². The number of aryl methyl sites for hydroxylation is 1. The van der Waals surface area contributed by atoms with Gasteiger partial charge in [-0.3, -0.25) is 4.79 Å². The molecule has 2 aromatic heterocycles. The molecule has 4 nitrogen and oxygen atoms in total. The molecule has 1 atom stereocenters. The van der Waals surface area contributed by atoms with Gasteiger partial charge in [-0.15, -0.1) is 0 Å². The zero-order valence-electron chi connectivity index (χ0n) is 11.0.